The minimum Gasteiger partial charge on any atom is -0.380 e. The van der Waals surface area contributed by atoms with Gasteiger partial charge in [-0.05, 0) is 18.6 Å². The fourth-order valence-corrected chi connectivity index (χ4v) is 2.51. The van der Waals surface area contributed by atoms with Crippen molar-refractivity contribution in [2.45, 2.75) is 12.5 Å². The van der Waals surface area contributed by atoms with Gasteiger partial charge in [-0.1, -0.05) is 0 Å². The summed E-state index contributed by atoms with van der Waals surface area (Å²) in [6, 6.07) is 1.97. The Hall–Kier alpha value is -2.11. The molecule has 0 aromatic carbocycles. The molecule has 2 atom stereocenters. The zero-order chi connectivity index (χ0) is 12.7. The number of amides is 1. The van der Waals surface area contributed by atoms with Crippen LogP contribution < -0.4 is 11.1 Å². The van der Waals surface area contributed by atoms with Crippen LogP contribution in [0.25, 0.3) is 5.70 Å². The topological polar surface area (TPSA) is 84.1 Å². The molecule has 1 aromatic heterocycles. The van der Waals surface area contributed by atoms with Crippen LogP contribution in [0.15, 0.2) is 18.3 Å². The normalized spacial score (nSPS) is 26.6. The molecule has 6 nitrogen and oxygen atoms in total. The van der Waals surface area contributed by atoms with Gasteiger partial charge in [-0.15, -0.1) is 0 Å². The first-order valence-corrected chi connectivity index (χ1v) is 5.97. The third-order valence-electron chi connectivity index (χ3n) is 3.51. The van der Waals surface area contributed by atoms with Gasteiger partial charge in [-0.25, -0.2) is 9.97 Å². The summed E-state index contributed by atoms with van der Waals surface area (Å²) in [7, 11) is 1.84. The summed E-state index contributed by atoms with van der Waals surface area (Å²) in [6.45, 7) is 0.792. The lowest BCUT2D eigenvalue weighted by molar-refractivity contribution is -0.135. The molecule has 18 heavy (non-hydrogen) atoms. The molecule has 0 aliphatic carbocycles. The van der Waals surface area contributed by atoms with Crippen LogP contribution in [0.4, 0.5) is 5.95 Å². The van der Waals surface area contributed by atoms with Gasteiger partial charge in [0.05, 0.1) is 17.3 Å². The highest BCUT2D eigenvalue weighted by Crippen LogP contribution is 2.29. The zero-order valence-corrected chi connectivity index (χ0v) is 10.1. The molecule has 3 rings (SSSR count). The SMILES string of the molecule is CN1CCC2NC(c3ccnc(N)n3)=CC2C1=O. The van der Waals surface area contributed by atoms with E-state index < -0.39 is 0 Å². The second-order valence-corrected chi connectivity index (χ2v) is 4.71. The molecule has 2 aliphatic heterocycles. The summed E-state index contributed by atoms with van der Waals surface area (Å²) < 4.78 is 0. The maximum absolute atomic E-state index is 12.0. The summed E-state index contributed by atoms with van der Waals surface area (Å²) in [5.74, 6) is 0.319. The van der Waals surface area contributed by atoms with E-state index in [1.165, 1.54) is 0 Å². The molecule has 2 unspecified atom stereocenters. The van der Waals surface area contributed by atoms with E-state index in [1.807, 2.05) is 13.1 Å². The van der Waals surface area contributed by atoms with Crippen molar-refractivity contribution in [2.75, 3.05) is 19.3 Å². The first kappa shape index (κ1) is 11.0. The molecule has 0 spiro atoms. The molecule has 2 aliphatic rings. The molecular formula is C12H15N5O. The van der Waals surface area contributed by atoms with Crippen molar-refractivity contribution in [1.29, 1.82) is 0 Å². The van der Waals surface area contributed by atoms with Crippen molar-refractivity contribution in [3.8, 4) is 0 Å². The van der Waals surface area contributed by atoms with Gasteiger partial charge < -0.3 is 16.0 Å². The monoisotopic (exact) mass is 245 g/mol. The summed E-state index contributed by atoms with van der Waals surface area (Å²) in [5, 5.41) is 3.36. The quantitative estimate of drug-likeness (QED) is 0.719. The number of nitrogen functional groups attached to an aromatic ring is 1. The predicted octanol–water partition coefficient (Wildman–Crippen LogP) is -0.150. The second kappa shape index (κ2) is 3.97. The number of nitrogens with two attached hydrogens (primary N) is 1. The van der Waals surface area contributed by atoms with Gasteiger partial charge in [0, 0.05) is 25.8 Å². The van der Waals surface area contributed by atoms with E-state index in [1.54, 1.807) is 17.2 Å². The highest BCUT2D eigenvalue weighted by atomic mass is 16.2. The van der Waals surface area contributed by atoms with Gasteiger partial charge in [0.2, 0.25) is 11.9 Å². The number of carbonyl (C=O) groups excluding carboxylic acids is 1. The molecule has 1 fully saturated rings. The van der Waals surface area contributed by atoms with Crippen molar-refractivity contribution in [2.24, 2.45) is 5.92 Å². The highest BCUT2D eigenvalue weighted by Gasteiger charge is 2.38. The summed E-state index contributed by atoms with van der Waals surface area (Å²) in [6.07, 6.45) is 4.52. The van der Waals surface area contributed by atoms with Crippen molar-refractivity contribution in [3.63, 3.8) is 0 Å². The number of likely N-dealkylation sites (tertiary alicyclic amines) is 1. The molecule has 3 heterocycles. The Bertz CT molecular complexity index is 527. The number of nitrogens with one attached hydrogen (secondary N) is 1. The molecule has 0 bridgehead atoms. The molecule has 3 N–H and O–H groups in total. The first-order valence-electron chi connectivity index (χ1n) is 5.97. The fraction of sp³-hybridized carbons (Fsp3) is 0.417. The molecule has 1 saturated heterocycles. The minimum absolute atomic E-state index is 0.0880. The van der Waals surface area contributed by atoms with Crippen molar-refractivity contribution in [3.05, 3.63) is 24.0 Å². The average Bonchev–Trinajstić information content (AvgIpc) is 2.79. The number of piperidine rings is 1. The summed E-state index contributed by atoms with van der Waals surface area (Å²) in [5.41, 5.74) is 7.19. The van der Waals surface area contributed by atoms with Crippen molar-refractivity contribution >= 4 is 17.6 Å². The second-order valence-electron chi connectivity index (χ2n) is 4.71. The van der Waals surface area contributed by atoms with E-state index >= 15 is 0 Å². The van der Waals surface area contributed by atoms with Crippen LogP contribution in [0, 0.1) is 5.92 Å². The number of aromatic nitrogens is 2. The van der Waals surface area contributed by atoms with Crippen LogP contribution in [-0.4, -0.2) is 40.4 Å². The number of fused-ring (bicyclic) bond motifs is 1. The van der Waals surface area contributed by atoms with E-state index in [-0.39, 0.29) is 23.8 Å². The summed E-state index contributed by atoms with van der Waals surface area (Å²) in [4.78, 5) is 21.8. The number of anilines is 1. The number of rotatable bonds is 1. The third kappa shape index (κ3) is 1.70. The molecule has 1 aromatic rings. The smallest absolute Gasteiger partial charge is 0.231 e. The number of hydrogen-bond acceptors (Lipinski definition) is 5. The van der Waals surface area contributed by atoms with E-state index in [4.69, 9.17) is 5.73 Å². The largest absolute Gasteiger partial charge is 0.380 e. The van der Waals surface area contributed by atoms with E-state index in [2.05, 4.69) is 15.3 Å². The van der Waals surface area contributed by atoms with Crippen LogP contribution >= 0.6 is 0 Å². The third-order valence-corrected chi connectivity index (χ3v) is 3.51. The number of nitrogens with zero attached hydrogens (tertiary/aromatic N) is 3. The van der Waals surface area contributed by atoms with Crippen LogP contribution in [0.3, 0.4) is 0 Å². The molecular weight excluding hydrogens is 230 g/mol. The number of carbonyl (C=O) groups is 1. The fourth-order valence-electron chi connectivity index (χ4n) is 2.51. The van der Waals surface area contributed by atoms with E-state index in [0.29, 0.717) is 0 Å². The number of hydrogen-bond donors (Lipinski definition) is 2. The molecule has 1 amide bonds. The Labute approximate surface area is 105 Å². The van der Waals surface area contributed by atoms with Gasteiger partial charge in [0.25, 0.3) is 0 Å². The van der Waals surface area contributed by atoms with Crippen LogP contribution in [-0.2, 0) is 4.79 Å². The lowest BCUT2D eigenvalue weighted by Crippen LogP contribution is -2.47. The Kier molecular flexibility index (Phi) is 2.43. The van der Waals surface area contributed by atoms with Crippen LogP contribution in [0.2, 0.25) is 0 Å². The van der Waals surface area contributed by atoms with Gasteiger partial charge in [-0.3, -0.25) is 4.79 Å². The molecule has 0 radical (unpaired) electrons. The van der Waals surface area contributed by atoms with Gasteiger partial charge >= 0.3 is 0 Å². The van der Waals surface area contributed by atoms with Crippen molar-refractivity contribution < 1.29 is 4.79 Å². The highest BCUT2D eigenvalue weighted by molar-refractivity contribution is 5.86. The maximum atomic E-state index is 12.0. The molecule has 0 saturated carbocycles. The Morgan fingerprint density at radius 2 is 2.39 bits per heavy atom. The minimum atomic E-state index is -0.0880. The van der Waals surface area contributed by atoms with Crippen molar-refractivity contribution in [1.82, 2.24) is 20.2 Å². The van der Waals surface area contributed by atoms with Crippen LogP contribution in [0.5, 0.6) is 0 Å². The van der Waals surface area contributed by atoms with Crippen LogP contribution in [0.1, 0.15) is 12.1 Å². The van der Waals surface area contributed by atoms with E-state index in [0.717, 1.165) is 24.4 Å². The maximum Gasteiger partial charge on any atom is 0.231 e. The average molecular weight is 245 g/mol. The lowest BCUT2D eigenvalue weighted by Gasteiger charge is -2.31. The van der Waals surface area contributed by atoms with Gasteiger partial charge in [-0.2, -0.15) is 0 Å². The Morgan fingerprint density at radius 3 is 3.17 bits per heavy atom. The van der Waals surface area contributed by atoms with Gasteiger partial charge in [0.1, 0.15) is 0 Å². The lowest BCUT2D eigenvalue weighted by atomic mass is 9.94. The molecule has 6 heteroatoms. The Morgan fingerprint density at radius 1 is 1.56 bits per heavy atom. The molecule has 94 valence electrons. The van der Waals surface area contributed by atoms with Gasteiger partial charge in [0.15, 0.2) is 0 Å². The standard InChI is InChI=1S/C12H15N5O/c1-17-5-3-8-7(11(17)18)6-10(15-8)9-2-4-14-12(13)16-9/h2,4,6-8,15H,3,5H2,1H3,(H2,13,14,16). The van der Waals surface area contributed by atoms with E-state index in [9.17, 15) is 4.79 Å². The first-order chi connectivity index (χ1) is 8.65. The zero-order valence-electron chi connectivity index (χ0n) is 10.1. The Balaban J connectivity index is 1.90. The summed E-state index contributed by atoms with van der Waals surface area (Å²) >= 11 is 0. The predicted molar refractivity (Wildman–Crippen MR) is 67.1 cm³/mol.